The summed E-state index contributed by atoms with van der Waals surface area (Å²) in [5.74, 6) is 0.0146. The molecule has 1 heterocycles. The molecule has 0 atom stereocenters. The van der Waals surface area contributed by atoms with Crippen molar-refractivity contribution >= 4 is 27.3 Å². The van der Waals surface area contributed by atoms with Gasteiger partial charge in [0.15, 0.2) is 0 Å². The molecule has 0 aliphatic heterocycles. The number of aryl methyl sites for hydroxylation is 1. The molecule has 3 rings (SSSR count). The third-order valence-corrected chi connectivity index (χ3v) is 5.10. The van der Waals surface area contributed by atoms with E-state index >= 15 is 0 Å². The average molecular weight is 309 g/mol. The second-order valence-electron chi connectivity index (χ2n) is 5.51. The summed E-state index contributed by atoms with van der Waals surface area (Å²) in [6, 6.07) is 14.3. The van der Waals surface area contributed by atoms with E-state index in [-0.39, 0.29) is 5.91 Å². The van der Waals surface area contributed by atoms with E-state index < -0.39 is 0 Å². The second-order valence-corrected chi connectivity index (χ2v) is 6.42. The average Bonchev–Trinajstić information content (AvgIpc) is 2.93. The Balaban J connectivity index is 1.66. The molecular formula is C19H19NOS. The van der Waals surface area contributed by atoms with Gasteiger partial charge in [-0.2, -0.15) is 0 Å². The van der Waals surface area contributed by atoms with Gasteiger partial charge in [-0.15, -0.1) is 11.3 Å². The molecule has 0 spiro atoms. The van der Waals surface area contributed by atoms with E-state index in [1.54, 1.807) is 11.3 Å². The van der Waals surface area contributed by atoms with E-state index in [9.17, 15) is 4.79 Å². The van der Waals surface area contributed by atoms with Gasteiger partial charge in [0.1, 0.15) is 0 Å². The van der Waals surface area contributed by atoms with E-state index in [0.29, 0.717) is 6.54 Å². The fourth-order valence-corrected chi connectivity index (χ4v) is 3.63. The van der Waals surface area contributed by atoms with E-state index in [4.69, 9.17) is 0 Å². The summed E-state index contributed by atoms with van der Waals surface area (Å²) in [6.45, 7) is 4.69. The summed E-state index contributed by atoms with van der Waals surface area (Å²) < 4.78 is 1.30. The normalized spacial score (nSPS) is 10.8. The van der Waals surface area contributed by atoms with Crippen molar-refractivity contribution in [3.63, 3.8) is 0 Å². The van der Waals surface area contributed by atoms with Crippen molar-refractivity contribution in [2.75, 3.05) is 6.54 Å². The number of carbonyl (C=O) groups excluding carboxylic acids is 1. The molecule has 1 aromatic heterocycles. The molecule has 22 heavy (non-hydrogen) atoms. The highest BCUT2D eigenvalue weighted by atomic mass is 32.1. The van der Waals surface area contributed by atoms with Crippen LogP contribution in [0.3, 0.4) is 0 Å². The second kappa shape index (κ2) is 6.32. The van der Waals surface area contributed by atoms with Crippen molar-refractivity contribution in [2.24, 2.45) is 0 Å². The van der Waals surface area contributed by atoms with Crippen LogP contribution in [0.1, 0.15) is 27.0 Å². The van der Waals surface area contributed by atoms with Crippen LogP contribution in [0.15, 0.2) is 47.8 Å². The number of fused-ring (bicyclic) bond motifs is 1. The lowest BCUT2D eigenvalue weighted by Crippen LogP contribution is -2.26. The summed E-state index contributed by atoms with van der Waals surface area (Å²) in [6.07, 6.45) is 0.862. The number of hydrogen-bond acceptors (Lipinski definition) is 2. The molecule has 2 aromatic carbocycles. The number of benzene rings is 2. The highest BCUT2D eigenvalue weighted by Gasteiger charge is 2.10. The molecule has 1 N–H and O–H groups in total. The van der Waals surface area contributed by atoms with Crippen LogP contribution in [-0.4, -0.2) is 12.5 Å². The SMILES string of the molecule is Cc1cccc(C(=O)NCCc2csc3ccccc23)c1C. The third-order valence-electron chi connectivity index (χ3n) is 4.09. The first-order valence-electron chi connectivity index (χ1n) is 7.46. The van der Waals surface area contributed by atoms with Crippen LogP contribution in [0.25, 0.3) is 10.1 Å². The summed E-state index contributed by atoms with van der Waals surface area (Å²) >= 11 is 1.76. The molecule has 0 radical (unpaired) electrons. The van der Waals surface area contributed by atoms with Gasteiger partial charge in [0.05, 0.1) is 0 Å². The molecular weight excluding hydrogens is 290 g/mol. The van der Waals surface area contributed by atoms with Crippen LogP contribution in [0.5, 0.6) is 0 Å². The number of carbonyl (C=O) groups is 1. The Bertz CT molecular complexity index is 819. The highest BCUT2D eigenvalue weighted by molar-refractivity contribution is 7.17. The van der Waals surface area contributed by atoms with Gasteiger partial charge in [0.2, 0.25) is 0 Å². The zero-order valence-electron chi connectivity index (χ0n) is 12.8. The molecule has 2 nitrogen and oxygen atoms in total. The van der Waals surface area contributed by atoms with Gasteiger partial charge in [-0.05, 0) is 59.9 Å². The Morgan fingerprint density at radius 2 is 1.91 bits per heavy atom. The van der Waals surface area contributed by atoms with Crippen molar-refractivity contribution in [2.45, 2.75) is 20.3 Å². The van der Waals surface area contributed by atoms with Crippen LogP contribution in [-0.2, 0) is 6.42 Å². The van der Waals surface area contributed by atoms with Crippen molar-refractivity contribution in [1.82, 2.24) is 5.32 Å². The van der Waals surface area contributed by atoms with E-state index in [1.165, 1.54) is 15.6 Å². The Morgan fingerprint density at radius 3 is 2.77 bits per heavy atom. The first-order valence-corrected chi connectivity index (χ1v) is 8.34. The molecule has 112 valence electrons. The molecule has 0 aliphatic carbocycles. The molecule has 0 fully saturated rings. The zero-order valence-corrected chi connectivity index (χ0v) is 13.7. The predicted octanol–water partition coefficient (Wildman–Crippen LogP) is 4.49. The molecule has 0 bridgehead atoms. The first kappa shape index (κ1) is 14.8. The molecule has 3 heteroatoms. The highest BCUT2D eigenvalue weighted by Crippen LogP contribution is 2.25. The van der Waals surface area contributed by atoms with E-state index in [1.807, 2.05) is 32.0 Å². The van der Waals surface area contributed by atoms with Crippen LogP contribution in [0.4, 0.5) is 0 Å². The van der Waals surface area contributed by atoms with Crippen molar-refractivity contribution in [3.8, 4) is 0 Å². The van der Waals surface area contributed by atoms with Crippen LogP contribution in [0, 0.1) is 13.8 Å². The smallest absolute Gasteiger partial charge is 0.251 e. The third kappa shape index (κ3) is 2.90. The van der Waals surface area contributed by atoms with Crippen LogP contribution in [0.2, 0.25) is 0 Å². The van der Waals surface area contributed by atoms with Crippen molar-refractivity contribution in [3.05, 3.63) is 70.1 Å². The van der Waals surface area contributed by atoms with Crippen LogP contribution >= 0.6 is 11.3 Å². The van der Waals surface area contributed by atoms with E-state index in [2.05, 4.69) is 35.0 Å². The number of rotatable bonds is 4. The standard InChI is InChI=1S/C19H19NOS/c1-13-6-5-8-16(14(13)2)19(21)20-11-10-15-12-22-18-9-4-3-7-17(15)18/h3-9,12H,10-11H2,1-2H3,(H,20,21). The lowest BCUT2D eigenvalue weighted by Gasteiger charge is -2.09. The van der Waals surface area contributed by atoms with Crippen molar-refractivity contribution in [1.29, 1.82) is 0 Å². The zero-order chi connectivity index (χ0) is 15.5. The van der Waals surface area contributed by atoms with Crippen molar-refractivity contribution < 1.29 is 4.79 Å². The maximum atomic E-state index is 12.3. The maximum Gasteiger partial charge on any atom is 0.251 e. The molecule has 1 amide bonds. The summed E-state index contributed by atoms with van der Waals surface area (Å²) in [4.78, 5) is 12.3. The van der Waals surface area contributed by atoms with Gasteiger partial charge in [-0.1, -0.05) is 30.3 Å². The number of hydrogen-bond donors (Lipinski definition) is 1. The number of nitrogens with one attached hydrogen (secondary N) is 1. The van der Waals surface area contributed by atoms with E-state index in [0.717, 1.165) is 23.1 Å². The van der Waals surface area contributed by atoms with Gasteiger partial charge >= 0.3 is 0 Å². The monoisotopic (exact) mass is 309 g/mol. The maximum absolute atomic E-state index is 12.3. The Labute approximate surface area is 134 Å². The van der Waals surface area contributed by atoms with Gasteiger partial charge < -0.3 is 5.32 Å². The summed E-state index contributed by atoms with van der Waals surface area (Å²) in [5.41, 5.74) is 4.29. The molecule has 0 saturated heterocycles. The summed E-state index contributed by atoms with van der Waals surface area (Å²) in [5, 5.41) is 6.52. The number of thiophene rings is 1. The Morgan fingerprint density at radius 1 is 1.09 bits per heavy atom. The lowest BCUT2D eigenvalue weighted by molar-refractivity contribution is 0.0953. The topological polar surface area (TPSA) is 29.1 Å². The van der Waals surface area contributed by atoms with Gasteiger partial charge in [0, 0.05) is 16.8 Å². The Hall–Kier alpha value is -2.13. The molecule has 0 aliphatic rings. The molecule has 0 unspecified atom stereocenters. The minimum Gasteiger partial charge on any atom is -0.352 e. The van der Waals surface area contributed by atoms with Gasteiger partial charge in [0.25, 0.3) is 5.91 Å². The minimum atomic E-state index is 0.0146. The van der Waals surface area contributed by atoms with Gasteiger partial charge in [-0.25, -0.2) is 0 Å². The predicted molar refractivity (Wildman–Crippen MR) is 93.8 cm³/mol. The first-order chi connectivity index (χ1) is 10.7. The largest absolute Gasteiger partial charge is 0.352 e. The van der Waals surface area contributed by atoms with Crippen LogP contribution < -0.4 is 5.32 Å². The lowest BCUT2D eigenvalue weighted by atomic mass is 10.0. The molecule has 3 aromatic rings. The number of amides is 1. The fourth-order valence-electron chi connectivity index (χ4n) is 2.63. The minimum absolute atomic E-state index is 0.0146. The fraction of sp³-hybridized carbons (Fsp3) is 0.211. The molecule has 0 saturated carbocycles. The van der Waals surface area contributed by atoms with Gasteiger partial charge in [-0.3, -0.25) is 4.79 Å². The Kier molecular flexibility index (Phi) is 4.25. The summed E-state index contributed by atoms with van der Waals surface area (Å²) in [7, 11) is 0. The quantitative estimate of drug-likeness (QED) is 0.756.